The molecule has 1 heterocycles. The molecular weight excluding hydrogens is 314 g/mol. The Hall–Kier alpha value is -1.10. The van der Waals surface area contributed by atoms with Crippen LogP contribution in [-0.4, -0.2) is 47.5 Å². The van der Waals surface area contributed by atoms with E-state index < -0.39 is 0 Å². The summed E-state index contributed by atoms with van der Waals surface area (Å²) in [6.07, 6.45) is 8.83. The minimum Gasteiger partial charge on any atom is -0.490 e. The van der Waals surface area contributed by atoms with Crippen molar-refractivity contribution in [3.63, 3.8) is 0 Å². The molecule has 1 N–H and O–H groups in total. The third kappa shape index (κ3) is 3.44. The fourth-order valence-corrected chi connectivity index (χ4v) is 5.11. The van der Waals surface area contributed by atoms with Crippen molar-refractivity contribution in [1.29, 1.82) is 0 Å². The van der Waals surface area contributed by atoms with E-state index in [1.165, 1.54) is 31.2 Å². The van der Waals surface area contributed by atoms with Crippen LogP contribution in [0.5, 0.6) is 5.75 Å². The van der Waals surface area contributed by atoms with Crippen molar-refractivity contribution in [1.82, 2.24) is 4.90 Å². The van der Waals surface area contributed by atoms with Gasteiger partial charge in [-0.15, -0.1) is 0 Å². The zero-order chi connectivity index (χ0) is 17.3. The number of fused-ring (bicyclic) bond motifs is 1. The van der Waals surface area contributed by atoms with Gasteiger partial charge < -0.3 is 14.6 Å². The van der Waals surface area contributed by atoms with Crippen LogP contribution < -0.4 is 4.74 Å². The molecule has 0 radical (unpaired) electrons. The zero-order valence-corrected chi connectivity index (χ0v) is 15.3. The van der Waals surface area contributed by atoms with Crippen molar-refractivity contribution in [3.05, 3.63) is 29.8 Å². The van der Waals surface area contributed by atoms with Gasteiger partial charge in [-0.1, -0.05) is 18.2 Å². The number of ether oxygens (including phenoxy) is 2. The van der Waals surface area contributed by atoms with Crippen LogP contribution in [0, 0.1) is 0 Å². The molecule has 0 unspecified atom stereocenters. The largest absolute Gasteiger partial charge is 0.490 e. The molecule has 4 heteroatoms. The average molecular weight is 345 g/mol. The molecule has 2 aliphatic carbocycles. The predicted molar refractivity (Wildman–Crippen MR) is 97.7 cm³/mol. The molecule has 0 spiro atoms. The third-order valence-corrected chi connectivity index (χ3v) is 6.61. The van der Waals surface area contributed by atoms with Crippen molar-refractivity contribution in [3.8, 4) is 5.75 Å². The fourth-order valence-electron chi connectivity index (χ4n) is 5.11. The Kier molecular flexibility index (Phi) is 5.03. The lowest BCUT2D eigenvalue weighted by Gasteiger charge is -2.42. The van der Waals surface area contributed by atoms with Gasteiger partial charge >= 0.3 is 0 Å². The Morgan fingerprint density at radius 1 is 1.16 bits per heavy atom. The summed E-state index contributed by atoms with van der Waals surface area (Å²) in [6.45, 7) is 1.91. The van der Waals surface area contributed by atoms with Crippen molar-refractivity contribution in [2.45, 2.75) is 81.8 Å². The Morgan fingerprint density at radius 2 is 1.96 bits per heavy atom. The van der Waals surface area contributed by atoms with E-state index in [0.29, 0.717) is 12.1 Å². The van der Waals surface area contributed by atoms with Crippen LogP contribution in [0.4, 0.5) is 0 Å². The highest BCUT2D eigenvalue weighted by Crippen LogP contribution is 2.43. The number of benzene rings is 1. The molecule has 138 valence electrons. The number of nitrogens with zero attached hydrogens (tertiary/aromatic N) is 1. The van der Waals surface area contributed by atoms with Gasteiger partial charge in [0.2, 0.25) is 0 Å². The molecule has 3 fully saturated rings. The van der Waals surface area contributed by atoms with Crippen LogP contribution in [0.2, 0.25) is 0 Å². The van der Waals surface area contributed by atoms with Crippen LogP contribution in [0.3, 0.4) is 0 Å². The lowest BCUT2D eigenvalue weighted by atomic mass is 9.79. The summed E-state index contributed by atoms with van der Waals surface area (Å²) in [5.41, 5.74) is 1.20. The Bertz CT molecular complexity index is 586. The maximum atomic E-state index is 10.2. The van der Waals surface area contributed by atoms with E-state index in [-0.39, 0.29) is 11.7 Å². The number of likely N-dealkylation sites (tertiary alicyclic amines) is 1. The first-order valence-electron chi connectivity index (χ1n) is 9.92. The number of methoxy groups -OCH3 is 1. The summed E-state index contributed by atoms with van der Waals surface area (Å²) < 4.78 is 12.3. The van der Waals surface area contributed by atoms with Crippen molar-refractivity contribution in [2.75, 3.05) is 13.7 Å². The van der Waals surface area contributed by atoms with Gasteiger partial charge in [0, 0.05) is 31.8 Å². The van der Waals surface area contributed by atoms with E-state index >= 15 is 0 Å². The number of aliphatic hydroxyl groups is 1. The SMILES string of the molecule is CO[C@]12CC[C@@H](O)C[C@H]1N(Cc1ccccc1OC1CCCC1)CC2. The summed E-state index contributed by atoms with van der Waals surface area (Å²) in [5.74, 6) is 1.04. The number of aliphatic hydroxyl groups excluding tert-OH is 1. The first-order valence-corrected chi connectivity index (χ1v) is 9.92. The van der Waals surface area contributed by atoms with Gasteiger partial charge in [0.25, 0.3) is 0 Å². The molecule has 0 aromatic heterocycles. The molecule has 25 heavy (non-hydrogen) atoms. The fraction of sp³-hybridized carbons (Fsp3) is 0.714. The van der Waals surface area contributed by atoms with Gasteiger partial charge in [-0.05, 0) is 57.4 Å². The highest BCUT2D eigenvalue weighted by atomic mass is 16.5. The molecule has 3 atom stereocenters. The highest BCUT2D eigenvalue weighted by molar-refractivity contribution is 5.34. The number of para-hydroxylation sites is 1. The van der Waals surface area contributed by atoms with Crippen LogP contribution >= 0.6 is 0 Å². The van der Waals surface area contributed by atoms with Crippen molar-refractivity contribution < 1.29 is 14.6 Å². The molecule has 2 saturated carbocycles. The molecular formula is C21H31NO3. The van der Waals surface area contributed by atoms with Gasteiger partial charge in [-0.25, -0.2) is 0 Å². The van der Waals surface area contributed by atoms with Crippen LogP contribution in [-0.2, 0) is 11.3 Å². The van der Waals surface area contributed by atoms with Crippen LogP contribution in [0.15, 0.2) is 24.3 Å². The first kappa shape index (κ1) is 17.3. The molecule has 0 amide bonds. The van der Waals surface area contributed by atoms with Gasteiger partial charge in [0.05, 0.1) is 17.8 Å². The van der Waals surface area contributed by atoms with E-state index in [0.717, 1.165) is 44.5 Å². The number of hydrogen-bond acceptors (Lipinski definition) is 4. The summed E-state index contributed by atoms with van der Waals surface area (Å²) in [7, 11) is 1.84. The second-order valence-corrected chi connectivity index (χ2v) is 8.07. The highest BCUT2D eigenvalue weighted by Gasteiger charge is 2.50. The van der Waals surface area contributed by atoms with E-state index in [1.54, 1.807) is 0 Å². The zero-order valence-electron chi connectivity index (χ0n) is 15.3. The maximum Gasteiger partial charge on any atom is 0.124 e. The summed E-state index contributed by atoms with van der Waals surface area (Å²) in [4.78, 5) is 2.50. The summed E-state index contributed by atoms with van der Waals surface area (Å²) in [6, 6.07) is 8.79. The van der Waals surface area contributed by atoms with E-state index in [4.69, 9.17) is 9.47 Å². The van der Waals surface area contributed by atoms with Gasteiger partial charge in [-0.2, -0.15) is 0 Å². The second-order valence-electron chi connectivity index (χ2n) is 8.07. The van der Waals surface area contributed by atoms with E-state index in [9.17, 15) is 5.11 Å². The quantitative estimate of drug-likeness (QED) is 0.887. The summed E-state index contributed by atoms with van der Waals surface area (Å²) >= 11 is 0. The second kappa shape index (κ2) is 7.26. The minimum absolute atomic E-state index is 0.0690. The van der Waals surface area contributed by atoms with Crippen molar-refractivity contribution in [2.24, 2.45) is 0 Å². The van der Waals surface area contributed by atoms with Gasteiger partial charge in [0.15, 0.2) is 0 Å². The topological polar surface area (TPSA) is 41.9 Å². The summed E-state index contributed by atoms with van der Waals surface area (Å²) in [5, 5.41) is 10.2. The minimum atomic E-state index is -0.196. The molecule has 1 aromatic rings. The monoisotopic (exact) mass is 345 g/mol. The predicted octanol–water partition coefficient (Wildman–Crippen LogP) is 3.51. The molecule has 3 aliphatic rings. The molecule has 0 bridgehead atoms. The van der Waals surface area contributed by atoms with Crippen molar-refractivity contribution >= 4 is 0 Å². The molecule has 4 rings (SSSR count). The van der Waals surface area contributed by atoms with E-state index in [2.05, 4.69) is 29.2 Å². The molecule has 1 aliphatic heterocycles. The number of rotatable bonds is 5. The van der Waals surface area contributed by atoms with Crippen LogP contribution in [0.25, 0.3) is 0 Å². The molecule has 1 saturated heterocycles. The molecule has 1 aromatic carbocycles. The Balaban J connectivity index is 1.50. The van der Waals surface area contributed by atoms with E-state index in [1.807, 2.05) is 7.11 Å². The third-order valence-electron chi connectivity index (χ3n) is 6.61. The lowest BCUT2D eigenvalue weighted by Crippen LogP contribution is -2.51. The normalized spacial score (nSPS) is 33.5. The molecule has 4 nitrogen and oxygen atoms in total. The lowest BCUT2D eigenvalue weighted by molar-refractivity contribution is -0.0880. The Morgan fingerprint density at radius 3 is 2.76 bits per heavy atom. The first-order chi connectivity index (χ1) is 12.2. The van der Waals surface area contributed by atoms with Gasteiger partial charge in [0.1, 0.15) is 5.75 Å². The standard InChI is InChI=1S/C21H31NO3/c1-24-21-11-10-17(23)14-20(21)22(13-12-21)15-16-6-2-5-9-19(16)25-18-7-3-4-8-18/h2,5-6,9,17-18,20,23H,3-4,7-8,10-15H2,1H3/t17-,20-,21+/m1/s1. The average Bonchev–Trinajstić information content (AvgIpc) is 3.26. The van der Waals surface area contributed by atoms with Gasteiger partial charge in [-0.3, -0.25) is 4.90 Å². The maximum absolute atomic E-state index is 10.2. The Labute approximate surface area is 151 Å². The van der Waals surface area contributed by atoms with Crippen LogP contribution in [0.1, 0.15) is 56.9 Å². The smallest absolute Gasteiger partial charge is 0.124 e. The number of hydrogen-bond donors (Lipinski definition) is 1.